The van der Waals surface area contributed by atoms with Crippen LogP contribution in [0.15, 0.2) is 18.2 Å². The Kier molecular flexibility index (Phi) is 3.73. The number of benzene rings is 1. The van der Waals surface area contributed by atoms with Crippen molar-refractivity contribution in [2.75, 3.05) is 0 Å². The molecule has 2 nitrogen and oxygen atoms in total. The summed E-state index contributed by atoms with van der Waals surface area (Å²) in [7, 11) is 0. The van der Waals surface area contributed by atoms with Gasteiger partial charge in [0.1, 0.15) is 16.6 Å². The van der Waals surface area contributed by atoms with Crippen LogP contribution >= 0.6 is 11.3 Å². The highest BCUT2D eigenvalue weighted by molar-refractivity contribution is 7.15. The molecule has 1 heterocycles. The van der Waals surface area contributed by atoms with Gasteiger partial charge in [0.2, 0.25) is 0 Å². The molecule has 2 aromatic rings. The molecule has 0 spiro atoms. The van der Waals surface area contributed by atoms with Crippen LogP contribution in [0.4, 0.5) is 8.78 Å². The zero-order valence-corrected chi connectivity index (χ0v) is 11.0. The van der Waals surface area contributed by atoms with Crippen LogP contribution in [-0.2, 0) is 6.54 Å². The van der Waals surface area contributed by atoms with E-state index in [4.69, 9.17) is 5.73 Å². The zero-order chi connectivity index (χ0) is 13.3. The summed E-state index contributed by atoms with van der Waals surface area (Å²) >= 11 is 1.25. The topological polar surface area (TPSA) is 38.9 Å². The largest absolute Gasteiger partial charge is 0.326 e. The number of rotatable bonds is 3. The molecule has 0 amide bonds. The molecular formula is C13H14F2N2S. The Morgan fingerprint density at radius 2 is 1.89 bits per heavy atom. The van der Waals surface area contributed by atoms with Crippen molar-refractivity contribution in [1.29, 1.82) is 0 Å². The molecule has 2 N–H and O–H groups in total. The Morgan fingerprint density at radius 1 is 1.28 bits per heavy atom. The van der Waals surface area contributed by atoms with Crippen LogP contribution in [0.25, 0.3) is 10.6 Å². The fraction of sp³-hybridized carbons (Fsp3) is 0.308. The molecule has 0 radical (unpaired) electrons. The normalized spacial score (nSPS) is 11.2. The van der Waals surface area contributed by atoms with Gasteiger partial charge in [-0.2, -0.15) is 0 Å². The Hall–Kier alpha value is -1.33. The fourth-order valence-corrected chi connectivity index (χ4v) is 2.91. The van der Waals surface area contributed by atoms with E-state index < -0.39 is 11.6 Å². The van der Waals surface area contributed by atoms with Crippen molar-refractivity contribution >= 4 is 11.3 Å². The second-order valence-corrected chi connectivity index (χ2v) is 5.37. The van der Waals surface area contributed by atoms with Crippen molar-refractivity contribution in [2.45, 2.75) is 26.3 Å². The lowest BCUT2D eigenvalue weighted by atomic mass is 10.1. The van der Waals surface area contributed by atoms with Gasteiger partial charge in [-0.25, -0.2) is 13.8 Å². The Morgan fingerprint density at radius 3 is 2.33 bits per heavy atom. The molecule has 5 heteroatoms. The maximum absolute atomic E-state index is 13.7. The molecule has 0 bridgehead atoms. The second kappa shape index (κ2) is 5.12. The highest BCUT2D eigenvalue weighted by Gasteiger charge is 2.19. The number of hydrogen-bond acceptors (Lipinski definition) is 3. The Bertz CT molecular complexity index is 544. The standard InChI is InChI=1S/C13H14F2N2S/c1-7(2)12-10(6-16)18-13(17-12)11-8(14)4-3-5-9(11)15/h3-5,7H,6,16H2,1-2H3. The number of nitrogens with two attached hydrogens (primary N) is 1. The molecule has 0 atom stereocenters. The molecule has 0 aliphatic rings. The number of hydrogen-bond donors (Lipinski definition) is 1. The summed E-state index contributed by atoms with van der Waals surface area (Å²) in [5.74, 6) is -1.01. The SMILES string of the molecule is CC(C)c1nc(-c2c(F)cccc2F)sc1CN. The van der Waals surface area contributed by atoms with E-state index in [2.05, 4.69) is 4.98 Å². The van der Waals surface area contributed by atoms with Crippen LogP contribution in [-0.4, -0.2) is 4.98 Å². The van der Waals surface area contributed by atoms with Crippen molar-refractivity contribution < 1.29 is 8.78 Å². The maximum atomic E-state index is 13.7. The van der Waals surface area contributed by atoms with Gasteiger partial charge in [0.05, 0.1) is 11.3 Å². The van der Waals surface area contributed by atoms with Gasteiger partial charge in [0.15, 0.2) is 0 Å². The average Bonchev–Trinajstić information content (AvgIpc) is 2.73. The van der Waals surface area contributed by atoms with Crippen molar-refractivity contribution in [1.82, 2.24) is 4.98 Å². The van der Waals surface area contributed by atoms with Crippen molar-refractivity contribution in [3.05, 3.63) is 40.4 Å². The number of halogens is 2. The third-order valence-corrected chi connectivity index (χ3v) is 3.75. The van der Waals surface area contributed by atoms with Crippen LogP contribution < -0.4 is 5.73 Å². The van der Waals surface area contributed by atoms with Gasteiger partial charge in [-0.05, 0) is 18.1 Å². The summed E-state index contributed by atoms with van der Waals surface area (Å²) in [4.78, 5) is 5.21. The lowest BCUT2D eigenvalue weighted by Crippen LogP contribution is -1.99. The van der Waals surface area contributed by atoms with Crippen molar-refractivity contribution in [3.63, 3.8) is 0 Å². The predicted molar refractivity (Wildman–Crippen MR) is 69.4 cm³/mol. The average molecular weight is 268 g/mol. The minimum absolute atomic E-state index is 0.0656. The first kappa shape index (κ1) is 13.1. The first-order chi connectivity index (χ1) is 8.54. The highest BCUT2D eigenvalue weighted by atomic mass is 32.1. The smallest absolute Gasteiger partial charge is 0.136 e. The van der Waals surface area contributed by atoms with Gasteiger partial charge < -0.3 is 5.73 Å². The highest BCUT2D eigenvalue weighted by Crippen LogP contribution is 2.34. The summed E-state index contributed by atoms with van der Waals surface area (Å²) < 4.78 is 27.4. The van der Waals surface area contributed by atoms with E-state index in [1.54, 1.807) is 0 Å². The minimum atomic E-state index is -0.595. The number of thiazole rings is 1. The quantitative estimate of drug-likeness (QED) is 0.922. The van der Waals surface area contributed by atoms with Crippen LogP contribution in [0.2, 0.25) is 0 Å². The van der Waals surface area contributed by atoms with E-state index in [1.807, 2.05) is 13.8 Å². The van der Waals surface area contributed by atoms with E-state index in [1.165, 1.54) is 29.5 Å². The molecule has 0 aliphatic carbocycles. The molecule has 18 heavy (non-hydrogen) atoms. The molecule has 0 saturated carbocycles. The van der Waals surface area contributed by atoms with E-state index in [9.17, 15) is 8.78 Å². The lowest BCUT2D eigenvalue weighted by molar-refractivity contribution is 0.589. The van der Waals surface area contributed by atoms with Crippen LogP contribution in [0, 0.1) is 11.6 Å². The van der Waals surface area contributed by atoms with Crippen LogP contribution in [0.5, 0.6) is 0 Å². The van der Waals surface area contributed by atoms with Crippen molar-refractivity contribution in [3.8, 4) is 10.6 Å². The van der Waals surface area contributed by atoms with Gasteiger partial charge in [0, 0.05) is 11.4 Å². The van der Waals surface area contributed by atoms with E-state index in [0.717, 1.165) is 10.6 Å². The van der Waals surface area contributed by atoms with Gasteiger partial charge >= 0.3 is 0 Å². The summed E-state index contributed by atoms with van der Waals surface area (Å²) in [6, 6.07) is 3.81. The monoisotopic (exact) mass is 268 g/mol. The number of aromatic nitrogens is 1. The Labute approximate surface area is 108 Å². The summed E-state index contributed by atoms with van der Waals surface area (Å²) in [5, 5.41) is 0.356. The summed E-state index contributed by atoms with van der Waals surface area (Å²) in [6.45, 7) is 4.30. The summed E-state index contributed by atoms with van der Waals surface area (Å²) in [6.07, 6.45) is 0. The number of nitrogens with zero attached hydrogens (tertiary/aromatic N) is 1. The molecule has 0 fully saturated rings. The minimum Gasteiger partial charge on any atom is -0.326 e. The zero-order valence-electron chi connectivity index (χ0n) is 10.2. The molecule has 96 valence electrons. The lowest BCUT2D eigenvalue weighted by Gasteiger charge is -2.02. The van der Waals surface area contributed by atoms with Gasteiger partial charge in [0.25, 0.3) is 0 Å². The van der Waals surface area contributed by atoms with E-state index in [0.29, 0.717) is 11.6 Å². The first-order valence-corrected chi connectivity index (χ1v) is 6.50. The molecule has 0 unspecified atom stereocenters. The molecule has 1 aromatic carbocycles. The fourth-order valence-electron chi connectivity index (χ4n) is 1.77. The first-order valence-electron chi connectivity index (χ1n) is 5.68. The summed E-state index contributed by atoms with van der Waals surface area (Å²) in [5.41, 5.74) is 6.39. The van der Waals surface area contributed by atoms with Gasteiger partial charge in [-0.1, -0.05) is 19.9 Å². The van der Waals surface area contributed by atoms with Crippen molar-refractivity contribution in [2.24, 2.45) is 5.73 Å². The van der Waals surface area contributed by atoms with Gasteiger partial charge in [-0.3, -0.25) is 0 Å². The molecular weight excluding hydrogens is 254 g/mol. The Balaban J connectivity index is 2.58. The maximum Gasteiger partial charge on any atom is 0.136 e. The second-order valence-electron chi connectivity index (χ2n) is 4.28. The van der Waals surface area contributed by atoms with E-state index in [-0.39, 0.29) is 11.5 Å². The predicted octanol–water partition coefficient (Wildman–Crippen LogP) is 3.67. The molecule has 2 rings (SSSR count). The molecule has 0 saturated heterocycles. The van der Waals surface area contributed by atoms with E-state index >= 15 is 0 Å². The molecule has 1 aromatic heterocycles. The van der Waals surface area contributed by atoms with Gasteiger partial charge in [-0.15, -0.1) is 11.3 Å². The third-order valence-electron chi connectivity index (χ3n) is 2.64. The molecule has 0 aliphatic heterocycles. The third kappa shape index (κ3) is 2.28. The van der Waals surface area contributed by atoms with Crippen LogP contribution in [0.1, 0.15) is 30.3 Å². The van der Waals surface area contributed by atoms with Crippen LogP contribution in [0.3, 0.4) is 0 Å².